The van der Waals surface area contributed by atoms with E-state index in [1.165, 1.54) is 12.1 Å². The van der Waals surface area contributed by atoms with Crippen LogP contribution in [0.3, 0.4) is 0 Å². The Balaban J connectivity index is 1.51. The van der Waals surface area contributed by atoms with Crippen LogP contribution < -0.4 is 0 Å². The van der Waals surface area contributed by atoms with Gasteiger partial charge in [0.05, 0.1) is 4.90 Å². The smallest absolute Gasteiger partial charge is 0.243 e. The molecule has 0 amide bonds. The molecule has 5 rings (SSSR count). The van der Waals surface area contributed by atoms with Crippen LogP contribution in [0.15, 0.2) is 47.5 Å². The number of fused-ring (bicyclic) bond motifs is 2. The molecule has 0 bridgehead atoms. The molecule has 0 unspecified atom stereocenters. The van der Waals surface area contributed by atoms with Gasteiger partial charge >= 0.3 is 0 Å². The Kier molecular flexibility index (Phi) is 4.08. The van der Waals surface area contributed by atoms with Crippen LogP contribution in [-0.2, 0) is 16.6 Å². The quantitative estimate of drug-likeness (QED) is 0.717. The van der Waals surface area contributed by atoms with E-state index in [0.29, 0.717) is 11.4 Å². The third-order valence-corrected chi connectivity index (χ3v) is 8.02. The van der Waals surface area contributed by atoms with E-state index < -0.39 is 10.0 Å². The summed E-state index contributed by atoms with van der Waals surface area (Å²) >= 11 is 0. The molecular formula is C21H22FN3O2S. The van der Waals surface area contributed by atoms with Crippen LogP contribution in [0.1, 0.15) is 18.4 Å². The Morgan fingerprint density at radius 1 is 1.11 bits per heavy atom. The third kappa shape index (κ3) is 2.77. The van der Waals surface area contributed by atoms with E-state index in [2.05, 4.69) is 16.9 Å². The second kappa shape index (κ2) is 6.40. The van der Waals surface area contributed by atoms with E-state index >= 15 is 0 Å². The number of aromatic nitrogens is 1. The van der Waals surface area contributed by atoms with Crippen molar-refractivity contribution in [2.75, 3.05) is 20.1 Å². The largest absolute Gasteiger partial charge is 0.360 e. The van der Waals surface area contributed by atoms with E-state index in [0.717, 1.165) is 53.5 Å². The Morgan fingerprint density at radius 2 is 1.89 bits per heavy atom. The molecule has 1 fully saturated rings. The summed E-state index contributed by atoms with van der Waals surface area (Å²) in [6.45, 7) is 2.27. The van der Waals surface area contributed by atoms with Crippen molar-refractivity contribution < 1.29 is 12.8 Å². The predicted octanol–water partition coefficient (Wildman–Crippen LogP) is 3.57. The van der Waals surface area contributed by atoms with Crippen molar-refractivity contribution in [2.24, 2.45) is 0 Å². The lowest BCUT2D eigenvalue weighted by Gasteiger charge is -2.33. The van der Waals surface area contributed by atoms with Crippen LogP contribution >= 0.6 is 0 Å². The molecule has 2 aliphatic rings. The van der Waals surface area contributed by atoms with E-state index in [1.54, 1.807) is 16.4 Å². The van der Waals surface area contributed by atoms with Crippen LogP contribution in [0, 0.1) is 5.82 Å². The molecule has 7 heteroatoms. The molecule has 2 aliphatic heterocycles. The van der Waals surface area contributed by atoms with Gasteiger partial charge in [-0.05, 0) is 74.4 Å². The molecule has 3 heterocycles. The molecule has 3 aromatic rings. The summed E-state index contributed by atoms with van der Waals surface area (Å²) in [5.41, 5.74) is 3.47. The van der Waals surface area contributed by atoms with Gasteiger partial charge in [-0.2, -0.15) is 4.31 Å². The van der Waals surface area contributed by atoms with Gasteiger partial charge in [0.25, 0.3) is 0 Å². The Morgan fingerprint density at radius 3 is 2.68 bits per heavy atom. The van der Waals surface area contributed by atoms with Crippen molar-refractivity contribution in [1.82, 2.24) is 14.2 Å². The first-order valence-electron chi connectivity index (χ1n) is 9.54. The van der Waals surface area contributed by atoms with Crippen LogP contribution in [0.2, 0.25) is 0 Å². The number of halogens is 1. The SMILES string of the molecule is CN1CCC(N2Cc3cc(-c4c[nH]c5cc(F)ccc45)ccc3S2(=O)=O)CC1. The highest BCUT2D eigenvalue weighted by Crippen LogP contribution is 2.38. The average Bonchev–Trinajstić information content (AvgIpc) is 3.20. The zero-order valence-corrected chi connectivity index (χ0v) is 16.5. The molecule has 1 N–H and O–H groups in total. The summed E-state index contributed by atoms with van der Waals surface area (Å²) in [6, 6.07) is 10.3. The van der Waals surface area contributed by atoms with Gasteiger partial charge in [0.15, 0.2) is 0 Å². The first kappa shape index (κ1) is 17.8. The Hall–Kier alpha value is -2.22. The van der Waals surface area contributed by atoms with E-state index in [9.17, 15) is 12.8 Å². The van der Waals surface area contributed by atoms with Gasteiger partial charge in [0.2, 0.25) is 10.0 Å². The number of rotatable bonds is 2. The molecule has 0 aliphatic carbocycles. The van der Waals surface area contributed by atoms with Gasteiger partial charge in [0.1, 0.15) is 5.82 Å². The highest BCUT2D eigenvalue weighted by molar-refractivity contribution is 7.89. The Bertz CT molecular complexity index is 1160. The summed E-state index contributed by atoms with van der Waals surface area (Å²) in [7, 11) is -1.37. The lowest BCUT2D eigenvalue weighted by atomic mass is 10.0. The number of benzene rings is 2. The van der Waals surface area contributed by atoms with Gasteiger partial charge in [-0.15, -0.1) is 0 Å². The fourth-order valence-corrected chi connectivity index (χ4v) is 6.31. The number of hydrogen-bond donors (Lipinski definition) is 1. The topological polar surface area (TPSA) is 56.4 Å². The second-order valence-electron chi connectivity index (χ2n) is 7.80. The minimum absolute atomic E-state index is 0.0631. The minimum atomic E-state index is -3.44. The van der Waals surface area contributed by atoms with Crippen molar-refractivity contribution in [3.8, 4) is 11.1 Å². The fourth-order valence-electron chi connectivity index (χ4n) is 4.45. The van der Waals surface area contributed by atoms with Crippen LogP contribution in [0.25, 0.3) is 22.0 Å². The van der Waals surface area contributed by atoms with Gasteiger partial charge in [-0.3, -0.25) is 0 Å². The first-order valence-corrected chi connectivity index (χ1v) is 11.0. The second-order valence-corrected chi connectivity index (χ2v) is 9.66. The molecule has 5 nitrogen and oxygen atoms in total. The first-order chi connectivity index (χ1) is 13.4. The van der Waals surface area contributed by atoms with Crippen LogP contribution in [0.4, 0.5) is 4.39 Å². The van der Waals surface area contributed by atoms with Crippen molar-refractivity contribution >= 4 is 20.9 Å². The molecule has 0 radical (unpaired) electrons. The maximum atomic E-state index is 13.5. The average molecular weight is 399 g/mol. The van der Waals surface area contributed by atoms with E-state index in [4.69, 9.17) is 0 Å². The molecule has 0 saturated carbocycles. The summed E-state index contributed by atoms with van der Waals surface area (Å²) in [6.07, 6.45) is 3.58. The number of H-pyrrole nitrogens is 1. The maximum Gasteiger partial charge on any atom is 0.243 e. The summed E-state index contributed by atoms with van der Waals surface area (Å²) < 4.78 is 41.3. The lowest BCUT2D eigenvalue weighted by Crippen LogP contribution is -2.43. The van der Waals surface area contributed by atoms with Crippen LogP contribution in [0.5, 0.6) is 0 Å². The summed E-state index contributed by atoms with van der Waals surface area (Å²) in [5.74, 6) is -0.283. The van der Waals surface area contributed by atoms with Crippen molar-refractivity contribution in [3.63, 3.8) is 0 Å². The summed E-state index contributed by atoms with van der Waals surface area (Å²) in [4.78, 5) is 5.76. The molecule has 146 valence electrons. The number of piperidine rings is 1. The number of nitrogens with one attached hydrogen (secondary N) is 1. The van der Waals surface area contributed by atoms with Gasteiger partial charge in [-0.1, -0.05) is 6.07 Å². The number of aromatic amines is 1. The van der Waals surface area contributed by atoms with Gasteiger partial charge in [0, 0.05) is 35.2 Å². The van der Waals surface area contributed by atoms with Crippen molar-refractivity contribution in [1.29, 1.82) is 0 Å². The fraction of sp³-hybridized carbons (Fsp3) is 0.333. The molecule has 0 atom stereocenters. The van der Waals surface area contributed by atoms with Gasteiger partial charge < -0.3 is 9.88 Å². The normalized spacial score (nSPS) is 20.6. The molecular weight excluding hydrogens is 377 g/mol. The zero-order chi connectivity index (χ0) is 19.5. The molecule has 1 saturated heterocycles. The van der Waals surface area contributed by atoms with Crippen LogP contribution in [-0.4, -0.2) is 48.8 Å². The van der Waals surface area contributed by atoms with Gasteiger partial charge in [-0.25, -0.2) is 12.8 Å². The minimum Gasteiger partial charge on any atom is -0.360 e. The Labute approximate surface area is 163 Å². The highest BCUT2D eigenvalue weighted by Gasteiger charge is 2.40. The number of sulfonamides is 1. The maximum absolute atomic E-state index is 13.5. The lowest BCUT2D eigenvalue weighted by molar-refractivity contribution is 0.183. The van der Waals surface area contributed by atoms with E-state index in [-0.39, 0.29) is 11.9 Å². The molecule has 2 aromatic carbocycles. The number of hydrogen-bond acceptors (Lipinski definition) is 3. The predicted molar refractivity (Wildman–Crippen MR) is 107 cm³/mol. The standard InChI is InChI=1S/C21H22FN3O2S/c1-24-8-6-17(7-9-24)25-13-15-10-14(2-5-21(15)28(25,26)27)19-12-23-20-11-16(22)3-4-18(19)20/h2-5,10-12,17,23H,6-9,13H2,1H3. The third-order valence-electron chi connectivity index (χ3n) is 6.02. The van der Waals surface area contributed by atoms with E-state index in [1.807, 2.05) is 18.3 Å². The monoisotopic (exact) mass is 399 g/mol. The van der Waals surface area contributed by atoms with Crippen molar-refractivity contribution in [3.05, 3.63) is 54.0 Å². The molecule has 1 aromatic heterocycles. The zero-order valence-electron chi connectivity index (χ0n) is 15.7. The van der Waals surface area contributed by atoms with Crippen molar-refractivity contribution in [2.45, 2.75) is 30.3 Å². The molecule has 0 spiro atoms. The highest BCUT2D eigenvalue weighted by atomic mass is 32.2. The summed E-state index contributed by atoms with van der Waals surface area (Å²) in [5, 5.41) is 0.925. The number of nitrogens with zero attached hydrogens (tertiary/aromatic N) is 2. The molecule has 28 heavy (non-hydrogen) atoms. The number of likely N-dealkylation sites (tertiary alicyclic amines) is 1.